The van der Waals surface area contributed by atoms with E-state index < -0.39 is 155 Å². The van der Waals surface area contributed by atoms with Crippen molar-refractivity contribution in [2.45, 2.75) is 228 Å². The number of hydrogen-bond donors (Lipinski definition) is 5. The Hall–Kier alpha value is -5.82. The normalized spacial score (nSPS) is 26.9. The molecule has 1 heterocycles. The quantitative estimate of drug-likeness (QED) is 0.116. The molecule has 1 fully saturated rings. The van der Waals surface area contributed by atoms with Crippen LogP contribution < -0.4 is 21.3 Å². The van der Waals surface area contributed by atoms with Gasteiger partial charge in [0.2, 0.25) is 59.1 Å². The van der Waals surface area contributed by atoms with Gasteiger partial charge in [0.1, 0.15) is 60.4 Å². The lowest BCUT2D eigenvalue weighted by atomic mass is 9.91. The summed E-state index contributed by atoms with van der Waals surface area (Å²) in [7, 11) is 13.8. The molecule has 13 atom stereocenters. The van der Waals surface area contributed by atoms with E-state index in [2.05, 4.69) is 21.3 Å². The maximum absolute atomic E-state index is 15.3. The standard InChI is InChI=1S/C65H118N12O12S/c1-26-29-31-42(14)53(78)52-57(82)68-45(28-3)59(84)77(25)65(90-33-32-70(17)18)64(89)71(19)46(30-27-2)55(80)69-50(40(10)11)62(87)72(20)47(34-37(4)5)56(81)66-43(15)54(79)67-44(16)58(83)73(21)48(35-38(6)7)60(85)74(22)49(36-39(8)9)61(86)75(23)51(41(12)13)63(88)76(52)24/h26,29,37-53,65,78H,27-28,30-36H2,1-25H3,(H,66,81)(H,67,79)(H,68,82)(H,69,80)/b29-26+/t42-,43+,44-,45+,46+,47+,48+,49+,50+,51+,52+,53-,65-/m1/s1. The Balaban J connectivity index is 4.49. The first-order valence-electron chi connectivity index (χ1n) is 32.3. The molecule has 0 aromatic carbocycles. The predicted molar refractivity (Wildman–Crippen MR) is 354 cm³/mol. The van der Waals surface area contributed by atoms with Crippen molar-refractivity contribution in [3.05, 3.63) is 12.2 Å². The zero-order valence-electron chi connectivity index (χ0n) is 59.3. The molecule has 11 amide bonds. The molecule has 0 aromatic rings. The Morgan fingerprint density at radius 2 is 0.956 bits per heavy atom. The molecule has 0 unspecified atom stereocenters. The second-order valence-electron chi connectivity index (χ2n) is 27.0. The average molecular weight is 1290 g/mol. The fourth-order valence-electron chi connectivity index (χ4n) is 11.1. The first kappa shape index (κ1) is 82.2. The minimum Gasteiger partial charge on any atom is -0.390 e. The summed E-state index contributed by atoms with van der Waals surface area (Å²) >= 11 is 1.15. The molecule has 516 valence electrons. The van der Waals surface area contributed by atoms with E-state index in [1.54, 1.807) is 54.5 Å². The van der Waals surface area contributed by atoms with Gasteiger partial charge in [-0.2, -0.15) is 0 Å². The van der Waals surface area contributed by atoms with Crippen LogP contribution in [0.3, 0.4) is 0 Å². The van der Waals surface area contributed by atoms with Crippen LogP contribution in [0.25, 0.3) is 0 Å². The van der Waals surface area contributed by atoms with Crippen molar-refractivity contribution in [2.24, 2.45) is 35.5 Å². The number of allylic oxidation sites excluding steroid dienone is 2. The highest BCUT2D eigenvalue weighted by Gasteiger charge is 2.46. The summed E-state index contributed by atoms with van der Waals surface area (Å²) in [5.41, 5.74) is 0. The SMILES string of the molecule is C/C=C/C[C@@H](C)[C@@H](O)[C@H]1C(=O)N[C@@H](CC)C(=O)N(C)[C@H](SCCN(C)C)C(=O)N(C)[C@@H](CCC)C(=O)N[C@@H](C(C)C)C(=O)N(C)[C@@H](CC(C)C)C(=O)N[C@@H](C)C(=O)N[C@H](C)C(=O)N(C)[C@@H](CC(C)C)C(=O)N(C)[C@@H](CC(C)C)C(=O)N(C)[C@@H](C(C)C)C(=O)N1C. The van der Waals surface area contributed by atoms with Crippen LogP contribution in [0.1, 0.15) is 156 Å². The number of amides is 11. The van der Waals surface area contributed by atoms with E-state index in [-0.39, 0.29) is 49.9 Å². The topological polar surface area (TPSA) is 282 Å². The number of nitrogens with zero attached hydrogens (tertiary/aromatic N) is 8. The summed E-state index contributed by atoms with van der Waals surface area (Å²) in [5.74, 6) is -9.26. The summed E-state index contributed by atoms with van der Waals surface area (Å²) < 4.78 is 0. The third kappa shape index (κ3) is 23.1. The minimum atomic E-state index is -1.63. The molecule has 5 N–H and O–H groups in total. The third-order valence-electron chi connectivity index (χ3n) is 16.9. The van der Waals surface area contributed by atoms with Crippen LogP contribution in [0.5, 0.6) is 0 Å². The first-order chi connectivity index (χ1) is 41.7. The van der Waals surface area contributed by atoms with E-state index in [4.69, 9.17) is 0 Å². The molecule has 1 aliphatic rings. The maximum atomic E-state index is 15.3. The number of aliphatic hydroxyl groups is 1. The lowest BCUT2D eigenvalue weighted by Crippen LogP contribution is -2.64. The summed E-state index contributed by atoms with van der Waals surface area (Å²) in [6.07, 6.45) is 3.43. The number of likely N-dealkylation sites (N-methyl/N-ethyl adjacent to an activating group) is 7. The van der Waals surface area contributed by atoms with Gasteiger partial charge < -0.3 is 65.6 Å². The van der Waals surface area contributed by atoms with Crippen LogP contribution in [0, 0.1) is 35.5 Å². The van der Waals surface area contributed by atoms with Gasteiger partial charge in [-0.05, 0) is 109 Å². The van der Waals surface area contributed by atoms with E-state index >= 15 is 24.0 Å². The van der Waals surface area contributed by atoms with Crippen LogP contribution in [0.15, 0.2) is 12.2 Å². The number of nitrogens with one attached hydrogen (secondary N) is 4. The number of carbonyl (C=O) groups is 11. The minimum absolute atomic E-state index is 0.00657. The van der Waals surface area contributed by atoms with Crippen molar-refractivity contribution in [1.29, 1.82) is 0 Å². The smallest absolute Gasteiger partial charge is 0.256 e. The molecule has 0 radical (unpaired) electrons. The second kappa shape index (κ2) is 38.3. The molecule has 0 aromatic heterocycles. The van der Waals surface area contributed by atoms with E-state index in [0.29, 0.717) is 25.1 Å². The van der Waals surface area contributed by atoms with Crippen LogP contribution in [-0.2, 0) is 52.7 Å². The Bertz CT molecular complexity index is 2440. The summed E-state index contributed by atoms with van der Waals surface area (Å²) in [5, 5.41) is 22.1. The molecule has 24 nitrogen and oxygen atoms in total. The lowest BCUT2D eigenvalue weighted by molar-refractivity contribution is -0.157. The number of aliphatic hydroxyl groups excluding tert-OH is 1. The fraction of sp³-hybridized carbons (Fsp3) is 0.800. The van der Waals surface area contributed by atoms with Gasteiger partial charge in [0.15, 0.2) is 5.37 Å². The summed E-state index contributed by atoms with van der Waals surface area (Å²) in [6, 6.07) is -12.5. The highest BCUT2D eigenvalue weighted by molar-refractivity contribution is 8.00. The van der Waals surface area contributed by atoms with Crippen LogP contribution in [0.2, 0.25) is 0 Å². The number of rotatable bonds is 19. The average Bonchev–Trinajstić information content (AvgIpc) is 0.871. The number of carbonyl (C=O) groups excluding carboxylic acids is 11. The third-order valence-corrected chi connectivity index (χ3v) is 18.1. The molecule has 90 heavy (non-hydrogen) atoms. The Morgan fingerprint density at radius 3 is 1.42 bits per heavy atom. The second-order valence-corrected chi connectivity index (χ2v) is 28.2. The highest BCUT2D eigenvalue weighted by Crippen LogP contribution is 2.27. The molecule has 0 spiro atoms. The van der Waals surface area contributed by atoms with Crippen molar-refractivity contribution < 1.29 is 57.8 Å². The molecule has 1 rings (SSSR count). The largest absolute Gasteiger partial charge is 0.390 e. The van der Waals surface area contributed by atoms with Gasteiger partial charge in [0, 0.05) is 61.6 Å². The number of thioether (sulfide) groups is 1. The Labute approximate surface area is 543 Å². The molecular formula is C65H118N12O12S. The van der Waals surface area contributed by atoms with E-state index in [0.717, 1.165) is 16.7 Å². The van der Waals surface area contributed by atoms with Crippen molar-refractivity contribution in [2.75, 3.05) is 75.7 Å². The van der Waals surface area contributed by atoms with Gasteiger partial charge >= 0.3 is 0 Å². The maximum Gasteiger partial charge on any atom is 0.256 e. The molecule has 25 heteroatoms. The molecule has 0 saturated carbocycles. The summed E-state index contributed by atoms with van der Waals surface area (Å²) in [4.78, 5) is 173. The molecule has 0 aliphatic carbocycles. The van der Waals surface area contributed by atoms with Crippen LogP contribution >= 0.6 is 11.8 Å². The van der Waals surface area contributed by atoms with Crippen molar-refractivity contribution in [1.82, 2.24) is 60.5 Å². The van der Waals surface area contributed by atoms with Gasteiger partial charge in [0.25, 0.3) is 5.91 Å². The van der Waals surface area contributed by atoms with E-state index in [9.17, 15) is 33.9 Å². The monoisotopic (exact) mass is 1290 g/mol. The van der Waals surface area contributed by atoms with Crippen molar-refractivity contribution >= 4 is 76.7 Å². The van der Waals surface area contributed by atoms with E-state index in [1.165, 1.54) is 92.6 Å². The zero-order valence-corrected chi connectivity index (χ0v) is 60.2. The highest BCUT2D eigenvalue weighted by atomic mass is 32.2. The van der Waals surface area contributed by atoms with Crippen LogP contribution in [-0.4, -0.2) is 257 Å². The zero-order chi connectivity index (χ0) is 69.7. The predicted octanol–water partition coefficient (Wildman–Crippen LogP) is 3.64. The molecule has 1 aliphatic heterocycles. The fourth-order valence-corrected chi connectivity index (χ4v) is 12.5. The summed E-state index contributed by atoms with van der Waals surface area (Å²) in [6.45, 7) is 28.6. The van der Waals surface area contributed by atoms with Gasteiger partial charge in [-0.3, -0.25) is 52.7 Å². The number of hydrogen-bond acceptors (Lipinski definition) is 14. The Morgan fingerprint density at radius 1 is 0.500 bits per heavy atom. The van der Waals surface area contributed by atoms with Crippen molar-refractivity contribution in [3.63, 3.8) is 0 Å². The first-order valence-corrected chi connectivity index (χ1v) is 33.4. The van der Waals surface area contributed by atoms with Crippen molar-refractivity contribution in [3.8, 4) is 0 Å². The lowest BCUT2D eigenvalue weighted by Gasteiger charge is -2.41. The molecular weight excluding hydrogens is 1170 g/mol. The van der Waals surface area contributed by atoms with E-state index in [1.807, 2.05) is 73.5 Å². The van der Waals surface area contributed by atoms with Gasteiger partial charge in [-0.1, -0.05) is 109 Å². The van der Waals surface area contributed by atoms with Gasteiger partial charge in [-0.25, -0.2) is 0 Å². The molecule has 1 saturated heterocycles. The van der Waals surface area contributed by atoms with Gasteiger partial charge in [-0.15, -0.1) is 11.8 Å². The molecule has 0 bridgehead atoms. The Kier molecular flexibility index (Phi) is 34.9. The van der Waals surface area contributed by atoms with Gasteiger partial charge in [0.05, 0.1) is 6.10 Å². The van der Waals surface area contributed by atoms with Crippen LogP contribution in [0.4, 0.5) is 0 Å².